The van der Waals surface area contributed by atoms with Gasteiger partial charge in [-0.15, -0.1) is 0 Å². The Hall–Kier alpha value is -3.29. The number of pyridine rings is 1. The van der Waals surface area contributed by atoms with Gasteiger partial charge in [0.15, 0.2) is 11.5 Å². The maximum Gasteiger partial charge on any atom is 0.323 e. The Labute approximate surface area is 206 Å². The molecule has 1 atom stereocenters. The molecule has 0 saturated carbocycles. The van der Waals surface area contributed by atoms with E-state index in [0.717, 1.165) is 53.0 Å². The molecule has 1 aliphatic heterocycles. The molecule has 0 saturated heterocycles. The zero-order valence-electron chi connectivity index (χ0n) is 18.2. The molecule has 1 unspecified atom stereocenters. The van der Waals surface area contributed by atoms with E-state index >= 15 is 0 Å². The van der Waals surface area contributed by atoms with Crippen molar-refractivity contribution in [1.82, 2.24) is 29.3 Å². The number of amides is 1. The smallest absolute Gasteiger partial charge is 0.323 e. The molecule has 34 heavy (non-hydrogen) atoms. The van der Waals surface area contributed by atoms with Crippen molar-refractivity contribution in [2.45, 2.75) is 36.0 Å². The first-order valence-electron chi connectivity index (χ1n) is 10.5. The first-order chi connectivity index (χ1) is 16.1. The number of halogens is 3. The molecular weight excluding hydrogens is 557 g/mol. The van der Waals surface area contributed by atoms with Gasteiger partial charge in [0.1, 0.15) is 22.7 Å². The van der Waals surface area contributed by atoms with Crippen LogP contribution in [0.15, 0.2) is 36.9 Å². The maximum atomic E-state index is 13.6. The van der Waals surface area contributed by atoms with E-state index in [9.17, 15) is 13.6 Å². The van der Waals surface area contributed by atoms with Gasteiger partial charge in [0.2, 0.25) is 5.91 Å². The Morgan fingerprint density at radius 1 is 1.24 bits per heavy atom. The van der Waals surface area contributed by atoms with E-state index in [1.807, 2.05) is 10.6 Å². The Balaban J connectivity index is 1.61. The fourth-order valence-corrected chi connectivity index (χ4v) is 4.45. The molecule has 0 aliphatic carbocycles. The van der Waals surface area contributed by atoms with Gasteiger partial charge in [-0.25, -0.2) is 19.9 Å². The molecule has 12 heteroatoms. The number of carbonyl (C=O) groups excluding carboxylic acids is 1. The van der Waals surface area contributed by atoms with Gasteiger partial charge in [0.25, 0.3) is 0 Å². The van der Waals surface area contributed by atoms with Crippen molar-refractivity contribution in [3.05, 3.63) is 59.4 Å². The van der Waals surface area contributed by atoms with Crippen LogP contribution in [0, 0.1) is 0 Å². The van der Waals surface area contributed by atoms with Crippen LogP contribution in [-0.4, -0.2) is 35.2 Å². The van der Waals surface area contributed by atoms with Crippen LogP contribution in [-0.2, 0) is 20.6 Å². The second-order valence-corrected chi connectivity index (χ2v) is 9.50. The summed E-state index contributed by atoms with van der Waals surface area (Å²) >= 11 is 1.03. The maximum absolute atomic E-state index is 13.6. The Kier molecular flexibility index (Phi) is 5.22. The molecule has 174 valence electrons. The van der Waals surface area contributed by atoms with Crippen molar-refractivity contribution in [3.8, 4) is 11.5 Å². The third-order valence-corrected chi connectivity index (χ3v) is 6.51. The summed E-state index contributed by atoms with van der Waals surface area (Å²) in [4.78, 5) is 35.2. The highest BCUT2D eigenvalue weighted by Crippen LogP contribution is 2.45. The lowest BCUT2D eigenvalue weighted by molar-refractivity contribution is -0.119. The van der Waals surface area contributed by atoms with Crippen molar-refractivity contribution >= 4 is 45.8 Å². The summed E-state index contributed by atoms with van der Waals surface area (Å²) in [6.45, 7) is 3.67. The van der Waals surface area contributed by atoms with Crippen LogP contribution < -0.4 is 11.1 Å². The number of alkyl halides is 3. The first-order valence-corrected chi connectivity index (χ1v) is 11.6. The average molecular weight is 576 g/mol. The monoisotopic (exact) mass is 576 g/mol. The van der Waals surface area contributed by atoms with Gasteiger partial charge in [0, 0.05) is 52.9 Å². The number of fused-ring (bicyclic) bond motifs is 2. The summed E-state index contributed by atoms with van der Waals surface area (Å²) in [6, 6.07) is 2.64. The number of hydrogen-bond acceptors (Lipinski definition) is 7. The van der Waals surface area contributed by atoms with Crippen molar-refractivity contribution in [2.24, 2.45) is 0 Å². The largest absolute Gasteiger partial charge is 0.383 e. The van der Waals surface area contributed by atoms with Crippen LogP contribution in [0.1, 0.15) is 42.8 Å². The molecule has 0 aromatic carbocycles. The number of hydrogen-bond donors (Lipinski definition) is 2. The Bertz CT molecular complexity index is 1430. The first kappa shape index (κ1) is 22.5. The molecule has 5 heterocycles. The van der Waals surface area contributed by atoms with Gasteiger partial charge in [0.05, 0.1) is 17.0 Å². The van der Waals surface area contributed by atoms with Gasteiger partial charge in [-0.2, -0.15) is 8.78 Å². The molecule has 3 N–H and O–H groups in total. The summed E-state index contributed by atoms with van der Waals surface area (Å²) < 4.78 is 26.0. The van der Waals surface area contributed by atoms with Crippen LogP contribution in [0.25, 0.3) is 17.2 Å². The molecule has 4 aromatic heterocycles. The summed E-state index contributed by atoms with van der Waals surface area (Å²) in [5, 5.41) is 2.75. The van der Waals surface area contributed by atoms with Crippen molar-refractivity contribution in [1.29, 1.82) is 0 Å². The van der Waals surface area contributed by atoms with E-state index < -0.39 is 15.3 Å². The number of carbonyl (C=O) groups is 1. The minimum atomic E-state index is -3.07. The van der Waals surface area contributed by atoms with E-state index in [1.54, 1.807) is 19.3 Å². The number of anilines is 2. The number of nitrogens with two attached hydrogens (primary N) is 1. The molecule has 9 nitrogen and oxygen atoms in total. The van der Waals surface area contributed by atoms with E-state index in [0.29, 0.717) is 11.3 Å². The van der Waals surface area contributed by atoms with Gasteiger partial charge >= 0.3 is 3.93 Å². The lowest BCUT2D eigenvalue weighted by Crippen LogP contribution is -2.34. The third-order valence-electron chi connectivity index (χ3n) is 5.89. The quantitative estimate of drug-likeness (QED) is 0.273. The van der Waals surface area contributed by atoms with Crippen molar-refractivity contribution < 1.29 is 13.6 Å². The lowest BCUT2D eigenvalue weighted by Gasteiger charge is -2.22. The van der Waals surface area contributed by atoms with Crippen LogP contribution in [0.3, 0.4) is 0 Å². The number of aryl methyl sites for hydroxylation is 1. The molecule has 0 fully saturated rings. The number of aromatic nitrogens is 6. The summed E-state index contributed by atoms with van der Waals surface area (Å²) in [6.07, 6.45) is 7.92. The molecule has 0 radical (unpaired) electrons. The molecular formula is C22H19F2IN8O. The molecule has 4 aromatic rings. The van der Waals surface area contributed by atoms with Crippen LogP contribution in [0.5, 0.6) is 0 Å². The minimum absolute atomic E-state index is 0.0792. The van der Waals surface area contributed by atoms with E-state index in [2.05, 4.69) is 37.2 Å². The summed E-state index contributed by atoms with van der Waals surface area (Å²) in [5.74, 6) is 0.147. The third kappa shape index (κ3) is 3.47. The van der Waals surface area contributed by atoms with Crippen molar-refractivity contribution in [3.63, 3.8) is 0 Å². The topological polar surface area (TPSA) is 124 Å². The van der Waals surface area contributed by atoms with Gasteiger partial charge < -0.3 is 15.5 Å². The number of nitrogens with zero attached hydrogens (tertiary/aromatic N) is 6. The molecule has 5 rings (SSSR count). The number of rotatable bonds is 5. The van der Waals surface area contributed by atoms with Gasteiger partial charge in [-0.05, 0) is 25.5 Å². The highest BCUT2D eigenvalue weighted by Gasteiger charge is 2.49. The van der Waals surface area contributed by atoms with E-state index in [-0.39, 0.29) is 28.7 Å². The molecule has 0 spiro atoms. The predicted molar refractivity (Wildman–Crippen MR) is 130 cm³/mol. The second kappa shape index (κ2) is 7.89. The Morgan fingerprint density at radius 2 is 2.03 bits per heavy atom. The van der Waals surface area contributed by atoms with Crippen LogP contribution >= 0.6 is 22.6 Å². The normalized spacial score (nSPS) is 17.7. The predicted octanol–water partition coefficient (Wildman–Crippen LogP) is 3.86. The summed E-state index contributed by atoms with van der Waals surface area (Å²) in [7, 11) is 0. The fourth-order valence-electron chi connectivity index (χ4n) is 4.13. The zero-order valence-corrected chi connectivity index (χ0v) is 20.3. The van der Waals surface area contributed by atoms with Crippen LogP contribution in [0.2, 0.25) is 0 Å². The molecule has 1 aliphatic rings. The summed E-state index contributed by atoms with van der Waals surface area (Å²) in [5.41, 5.74) is 7.39. The standard InChI is InChI=1S/C22H19F2IN8O/c1-3-4-12-19-27-7-8-33(19)10-13(29-12)17-30-16(26)15-18(31-17)32-20(34)21(15,2)14-6-5-11(9-28-14)22(23,24)25/h5-10H,3-4H2,1-2H3,(H3,26,30,31,32,34). The number of nitrogens with one attached hydrogen (secondary N) is 1. The minimum Gasteiger partial charge on any atom is -0.383 e. The molecule has 0 bridgehead atoms. The highest BCUT2D eigenvalue weighted by atomic mass is 127. The number of imidazole rings is 1. The second-order valence-electron chi connectivity index (χ2n) is 8.15. The Morgan fingerprint density at radius 3 is 2.71 bits per heavy atom. The highest BCUT2D eigenvalue weighted by molar-refractivity contribution is 14.1. The zero-order chi connectivity index (χ0) is 24.3. The lowest BCUT2D eigenvalue weighted by atomic mass is 9.80. The van der Waals surface area contributed by atoms with Crippen LogP contribution in [0.4, 0.5) is 20.4 Å². The van der Waals surface area contributed by atoms with Gasteiger partial charge in [-0.1, -0.05) is 13.3 Å². The average Bonchev–Trinajstić information content (AvgIpc) is 3.36. The molecule has 1 amide bonds. The van der Waals surface area contributed by atoms with E-state index in [4.69, 9.17) is 5.73 Å². The SMILES string of the molecule is CCCc1nc(-c2nc(N)c3c(n2)NC(=O)C3(C)c2ccc(C(F)(F)I)cn2)cn2ccnc12. The van der Waals surface area contributed by atoms with E-state index in [1.165, 1.54) is 12.1 Å². The number of nitrogen functional groups attached to an aromatic ring is 1. The fraction of sp³-hybridized carbons (Fsp3) is 0.273. The van der Waals surface area contributed by atoms with Gasteiger partial charge in [-0.3, -0.25) is 9.78 Å². The van der Waals surface area contributed by atoms with Crippen molar-refractivity contribution in [2.75, 3.05) is 11.1 Å².